The zero-order valence-electron chi connectivity index (χ0n) is 17.1. The number of hydrogen-bond donors (Lipinski definition) is 11. The van der Waals surface area contributed by atoms with Gasteiger partial charge in [-0.25, -0.2) is 0 Å². The number of hydrogen-bond acceptors (Lipinski definition) is 12. The fourth-order valence-electron chi connectivity index (χ4n) is 3.37. The monoisotopic (exact) mass is 500 g/mol. The first-order chi connectivity index (χ1) is 13.6. The Labute approximate surface area is 193 Å². The molecule has 0 aromatic carbocycles. The van der Waals surface area contributed by atoms with Gasteiger partial charge in [-0.3, -0.25) is 4.90 Å². The van der Waals surface area contributed by atoms with Crippen LogP contribution in [0, 0.1) is 0 Å². The molecule has 8 atom stereocenters. The second-order valence-electron chi connectivity index (χ2n) is 7.53. The molecule has 1 fully saturated rings. The van der Waals surface area contributed by atoms with Gasteiger partial charge in [0.15, 0.2) is 0 Å². The van der Waals surface area contributed by atoms with E-state index in [4.69, 9.17) is 10.2 Å². The molecular weight excluding hydrogens is 463 g/mol. The third-order valence-electron chi connectivity index (χ3n) is 5.32. The molecule has 1 rings (SSSR count). The average molecular weight is 501 g/mol. The van der Waals surface area contributed by atoms with Gasteiger partial charge in [-0.1, -0.05) is 0 Å². The Bertz CT molecular complexity index is 423. The van der Waals surface area contributed by atoms with Crippen molar-refractivity contribution in [2.24, 2.45) is 0 Å². The van der Waals surface area contributed by atoms with E-state index >= 15 is 0 Å². The fraction of sp³-hybridized carbons (Fsp3) is 1.00. The summed E-state index contributed by atoms with van der Waals surface area (Å²) in [5.41, 5.74) is 0. The van der Waals surface area contributed by atoms with E-state index in [1.165, 1.54) is 0 Å². The molecule has 1 aliphatic rings. The van der Waals surface area contributed by atoms with Crippen LogP contribution in [0.4, 0.5) is 0 Å². The van der Waals surface area contributed by atoms with E-state index in [0.717, 1.165) is 0 Å². The highest BCUT2D eigenvalue weighted by molar-refractivity contribution is 5.85. The summed E-state index contributed by atoms with van der Waals surface area (Å²) >= 11 is 0. The van der Waals surface area contributed by atoms with Gasteiger partial charge in [0.2, 0.25) is 0 Å². The molecule has 8 unspecified atom stereocenters. The highest BCUT2D eigenvalue weighted by Crippen LogP contribution is 2.17. The van der Waals surface area contributed by atoms with Crippen LogP contribution in [-0.2, 0) is 0 Å². The van der Waals surface area contributed by atoms with Gasteiger partial charge in [0, 0.05) is 19.1 Å². The summed E-state index contributed by atoms with van der Waals surface area (Å²) < 4.78 is 0. The molecule has 31 heavy (non-hydrogen) atoms. The summed E-state index contributed by atoms with van der Waals surface area (Å²) in [4.78, 5) is 1.58. The summed E-state index contributed by atoms with van der Waals surface area (Å²) in [6, 6.07) is -0.153. The van der Waals surface area contributed by atoms with Crippen LogP contribution in [0.1, 0.15) is 12.8 Å². The Morgan fingerprint density at radius 2 is 0.935 bits per heavy atom. The Morgan fingerprint density at radius 3 is 1.26 bits per heavy atom. The highest BCUT2D eigenvalue weighted by Gasteiger charge is 2.36. The second kappa shape index (κ2) is 16.7. The number of piperidine rings is 1. The molecule has 0 saturated carbocycles. The Morgan fingerprint density at radius 1 is 0.613 bits per heavy atom. The van der Waals surface area contributed by atoms with Gasteiger partial charge in [0.05, 0.1) is 25.4 Å². The molecule has 1 saturated heterocycles. The molecule has 0 amide bonds. The molecule has 0 aromatic rings. The lowest BCUT2D eigenvalue weighted by Crippen LogP contribution is -2.56. The Kier molecular flexibility index (Phi) is 17.9. The fourth-order valence-corrected chi connectivity index (χ4v) is 3.37. The van der Waals surface area contributed by atoms with Crippen LogP contribution in [0.25, 0.3) is 0 Å². The standard InChI is InChI=1S/C17H36N2O10.2ClH/c20-7-12(24)16(28)14(26)10(22)5-19(9-1-3-18-4-2-9)6-11(23)15(27)17(29)13(25)8-21;;/h9-18,20-29H,1-8H2;2*1H. The number of halogens is 2. The van der Waals surface area contributed by atoms with E-state index in [2.05, 4.69) is 5.32 Å². The first-order valence-corrected chi connectivity index (χ1v) is 9.75. The van der Waals surface area contributed by atoms with Crippen LogP contribution >= 0.6 is 24.8 Å². The van der Waals surface area contributed by atoms with E-state index in [0.29, 0.717) is 25.9 Å². The van der Waals surface area contributed by atoms with Crippen LogP contribution < -0.4 is 5.32 Å². The van der Waals surface area contributed by atoms with Gasteiger partial charge in [-0.15, -0.1) is 24.8 Å². The number of rotatable bonds is 13. The maximum Gasteiger partial charge on any atom is 0.111 e. The van der Waals surface area contributed by atoms with E-state index < -0.39 is 62.0 Å². The van der Waals surface area contributed by atoms with Gasteiger partial charge < -0.3 is 56.4 Å². The maximum atomic E-state index is 10.3. The molecule has 0 aromatic heterocycles. The summed E-state index contributed by atoms with van der Waals surface area (Å²) in [6.45, 7) is -0.753. The zero-order valence-corrected chi connectivity index (χ0v) is 18.7. The van der Waals surface area contributed by atoms with Crippen LogP contribution in [0.3, 0.4) is 0 Å². The molecular formula is C17H38Cl2N2O10. The van der Waals surface area contributed by atoms with Crippen molar-refractivity contribution in [2.75, 3.05) is 39.4 Å². The molecule has 11 N–H and O–H groups in total. The zero-order chi connectivity index (χ0) is 22.1. The number of aliphatic hydroxyl groups is 10. The molecule has 0 aliphatic carbocycles. The van der Waals surface area contributed by atoms with Gasteiger partial charge in [-0.05, 0) is 25.9 Å². The van der Waals surface area contributed by atoms with Crippen molar-refractivity contribution in [1.82, 2.24) is 10.2 Å². The first kappa shape index (κ1) is 33.3. The minimum Gasteiger partial charge on any atom is -0.394 e. The normalized spacial score (nSPS) is 22.9. The topological polar surface area (TPSA) is 218 Å². The largest absolute Gasteiger partial charge is 0.394 e. The average Bonchev–Trinajstić information content (AvgIpc) is 2.75. The molecule has 0 radical (unpaired) electrons. The highest BCUT2D eigenvalue weighted by atomic mass is 35.5. The minimum atomic E-state index is -1.79. The molecule has 1 heterocycles. The number of nitrogens with one attached hydrogen (secondary N) is 1. The van der Waals surface area contributed by atoms with Crippen LogP contribution in [0.2, 0.25) is 0 Å². The van der Waals surface area contributed by atoms with Crippen molar-refractivity contribution in [1.29, 1.82) is 0 Å². The van der Waals surface area contributed by atoms with Crippen molar-refractivity contribution in [3.8, 4) is 0 Å². The lowest BCUT2D eigenvalue weighted by Gasteiger charge is -2.39. The first-order valence-electron chi connectivity index (χ1n) is 9.75. The molecule has 12 nitrogen and oxygen atoms in total. The molecule has 0 spiro atoms. The minimum absolute atomic E-state index is 0. The molecule has 0 bridgehead atoms. The smallest absolute Gasteiger partial charge is 0.111 e. The van der Waals surface area contributed by atoms with Crippen molar-refractivity contribution < 1.29 is 51.1 Å². The van der Waals surface area contributed by atoms with Crippen LogP contribution in [0.15, 0.2) is 0 Å². The predicted octanol–water partition coefficient (Wildman–Crippen LogP) is -5.24. The van der Waals surface area contributed by atoms with Crippen LogP contribution in [-0.4, -0.2) is 150 Å². The lowest BCUT2D eigenvalue weighted by molar-refractivity contribution is -0.134. The van der Waals surface area contributed by atoms with Crippen molar-refractivity contribution in [3.63, 3.8) is 0 Å². The van der Waals surface area contributed by atoms with Crippen LogP contribution in [0.5, 0.6) is 0 Å². The van der Waals surface area contributed by atoms with Crippen molar-refractivity contribution in [3.05, 3.63) is 0 Å². The van der Waals surface area contributed by atoms with Gasteiger partial charge in [-0.2, -0.15) is 0 Å². The number of nitrogens with zero attached hydrogens (tertiary/aromatic N) is 1. The van der Waals surface area contributed by atoms with Gasteiger partial charge >= 0.3 is 0 Å². The lowest BCUT2D eigenvalue weighted by atomic mass is 9.98. The Hall–Kier alpha value is 0.100. The third kappa shape index (κ3) is 10.3. The van der Waals surface area contributed by atoms with E-state index in [1.807, 2.05) is 0 Å². The van der Waals surface area contributed by atoms with E-state index in [-0.39, 0.29) is 43.9 Å². The summed E-state index contributed by atoms with van der Waals surface area (Å²) in [5, 5.41) is 100. The third-order valence-corrected chi connectivity index (χ3v) is 5.32. The SMILES string of the molecule is Cl.Cl.OCC(O)C(O)C(O)C(O)CN(CC(O)C(O)C(O)C(O)CO)C1CCNCC1. The maximum absolute atomic E-state index is 10.3. The van der Waals surface area contributed by atoms with Gasteiger partial charge in [0.1, 0.15) is 36.6 Å². The summed E-state index contributed by atoms with van der Waals surface area (Å²) in [5.74, 6) is 0. The van der Waals surface area contributed by atoms with Crippen molar-refractivity contribution in [2.45, 2.75) is 67.7 Å². The molecule has 1 aliphatic heterocycles. The summed E-state index contributed by atoms with van der Waals surface area (Å²) in [6.07, 6.45) is -12.2. The predicted molar refractivity (Wildman–Crippen MR) is 114 cm³/mol. The Balaban J connectivity index is 0. The second-order valence-corrected chi connectivity index (χ2v) is 7.53. The quantitative estimate of drug-likeness (QED) is 0.114. The van der Waals surface area contributed by atoms with E-state index in [1.54, 1.807) is 4.90 Å². The molecule has 14 heteroatoms. The number of aliphatic hydroxyl groups excluding tert-OH is 10. The van der Waals surface area contributed by atoms with E-state index in [9.17, 15) is 40.9 Å². The summed E-state index contributed by atoms with van der Waals surface area (Å²) in [7, 11) is 0. The van der Waals surface area contributed by atoms with Gasteiger partial charge in [0.25, 0.3) is 0 Å². The van der Waals surface area contributed by atoms with Crippen molar-refractivity contribution >= 4 is 24.8 Å². The molecule has 190 valence electrons.